The van der Waals surface area contributed by atoms with Crippen molar-refractivity contribution in [1.82, 2.24) is 4.98 Å². The van der Waals surface area contributed by atoms with Crippen molar-refractivity contribution in [3.05, 3.63) is 95.7 Å². The molecule has 0 aliphatic carbocycles. The third kappa shape index (κ3) is 3.83. The average molecular weight is 489 g/mol. The molecule has 1 aliphatic heterocycles. The van der Waals surface area contributed by atoms with Gasteiger partial charge in [-0.2, -0.15) is 0 Å². The maximum Gasteiger partial charge on any atom is 0.316 e. The molecule has 2 aromatic heterocycles. The van der Waals surface area contributed by atoms with Crippen LogP contribution in [0.4, 0.5) is 5.69 Å². The molecule has 0 bridgehead atoms. The highest BCUT2D eigenvalue weighted by Gasteiger charge is 2.27. The molecule has 0 amide bonds. The van der Waals surface area contributed by atoms with E-state index >= 15 is 0 Å². The topological polar surface area (TPSA) is 15.9 Å². The SMILES string of the molecule is C=[N+]1c2ccc3ccccc3c2C(CC(C)C)=C[C-]1c1cc(CC(C)C)cc2c3cccnc3[s+][c-]12. The minimum atomic E-state index is 0.557. The Morgan fingerprint density at radius 1 is 0.917 bits per heavy atom. The molecule has 0 spiro atoms. The lowest BCUT2D eigenvalue weighted by Gasteiger charge is -2.34. The summed E-state index contributed by atoms with van der Waals surface area (Å²) in [6.07, 6.45) is 6.39. The number of nitrogens with zero attached hydrogens (tertiary/aromatic N) is 2. The number of rotatable bonds is 5. The van der Waals surface area contributed by atoms with Crippen LogP contribution in [0.5, 0.6) is 0 Å². The van der Waals surface area contributed by atoms with E-state index in [1.807, 2.05) is 12.3 Å². The van der Waals surface area contributed by atoms with E-state index in [1.54, 1.807) is 11.3 Å². The zero-order chi connectivity index (χ0) is 25.0. The predicted octanol–water partition coefficient (Wildman–Crippen LogP) is 9.17. The quantitative estimate of drug-likeness (QED) is 0.137. The van der Waals surface area contributed by atoms with Gasteiger partial charge in [0.05, 0.1) is 11.4 Å². The van der Waals surface area contributed by atoms with Crippen LogP contribution < -0.4 is 0 Å². The predicted molar refractivity (Wildman–Crippen MR) is 156 cm³/mol. The van der Waals surface area contributed by atoms with Crippen LogP contribution in [-0.4, -0.2) is 16.3 Å². The number of thiophene rings is 1. The Morgan fingerprint density at radius 3 is 2.50 bits per heavy atom. The summed E-state index contributed by atoms with van der Waals surface area (Å²) >= 11 is 1.79. The van der Waals surface area contributed by atoms with Gasteiger partial charge in [0.1, 0.15) is 10.4 Å². The van der Waals surface area contributed by atoms with Crippen molar-refractivity contribution in [1.29, 1.82) is 0 Å². The van der Waals surface area contributed by atoms with Gasteiger partial charge in [0.25, 0.3) is 0 Å². The number of benzene rings is 3. The molecule has 0 saturated carbocycles. The molecular formula is C33H32N2S. The Balaban J connectivity index is 1.62. The zero-order valence-corrected chi connectivity index (χ0v) is 22.3. The van der Waals surface area contributed by atoms with Crippen molar-refractivity contribution < 1.29 is 4.58 Å². The third-order valence-electron chi connectivity index (χ3n) is 7.08. The van der Waals surface area contributed by atoms with Crippen LogP contribution in [0.3, 0.4) is 0 Å². The molecule has 6 rings (SSSR count). The largest absolute Gasteiger partial charge is 0.330 e. The van der Waals surface area contributed by atoms with E-state index < -0.39 is 0 Å². The molecule has 0 N–H and O–H groups in total. The van der Waals surface area contributed by atoms with Gasteiger partial charge in [-0.3, -0.25) is 0 Å². The second-order valence-corrected chi connectivity index (χ2v) is 11.8. The lowest BCUT2D eigenvalue weighted by atomic mass is 9.85. The van der Waals surface area contributed by atoms with Crippen molar-refractivity contribution in [3.63, 3.8) is 0 Å². The van der Waals surface area contributed by atoms with Gasteiger partial charge >= 0.3 is 4.83 Å². The Bertz CT molecular complexity index is 1670. The molecule has 0 unspecified atom stereocenters. The van der Waals surface area contributed by atoms with Crippen molar-refractivity contribution in [2.24, 2.45) is 11.8 Å². The van der Waals surface area contributed by atoms with Crippen molar-refractivity contribution in [2.45, 2.75) is 40.5 Å². The summed E-state index contributed by atoms with van der Waals surface area (Å²) in [5, 5.41) is 5.13. The zero-order valence-electron chi connectivity index (χ0n) is 21.5. The fourth-order valence-corrected chi connectivity index (χ4v) is 6.79. The van der Waals surface area contributed by atoms with Gasteiger partial charge in [-0.15, -0.1) is 17.2 Å². The number of pyridine rings is 1. The number of aromatic nitrogens is 1. The molecule has 36 heavy (non-hydrogen) atoms. The van der Waals surface area contributed by atoms with Gasteiger partial charge in [0, 0.05) is 12.9 Å². The molecule has 3 heterocycles. The first-order valence-corrected chi connectivity index (χ1v) is 13.7. The fraction of sp³-hybridized carbons (Fsp3) is 0.242. The Morgan fingerprint density at radius 2 is 1.69 bits per heavy atom. The lowest BCUT2D eigenvalue weighted by Crippen LogP contribution is -2.19. The number of hydrogen-bond donors (Lipinski definition) is 0. The van der Waals surface area contributed by atoms with Gasteiger partial charge in [0.2, 0.25) is 0 Å². The van der Waals surface area contributed by atoms with Crippen LogP contribution in [-0.2, 0) is 6.42 Å². The van der Waals surface area contributed by atoms with Crippen molar-refractivity contribution >= 4 is 60.4 Å². The fourth-order valence-electron chi connectivity index (χ4n) is 5.64. The molecule has 1 aliphatic rings. The minimum Gasteiger partial charge on any atom is -0.330 e. The van der Waals surface area contributed by atoms with E-state index in [4.69, 9.17) is 4.98 Å². The number of hydrogen-bond acceptors (Lipinski definition) is 1. The van der Waals surface area contributed by atoms with E-state index in [0.717, 1.165) is 17.7 Å². The summed E-state index contributed by atoms with van der Waals surface area (Å²) in [5.74, 6) is 1.14. The molecular weight excluding hydrogens is 456 g/mol. The van der Waals surface area contributed by atoms with Crippen molar-refractivity contribution in [3.8, 4) is 0 Å². The van der Waals surface area contributed by atoms with Crippen LogP contribution in [0.2, 0.25) is 0 Å². The van der Waals surface area contributed by atoms with E-state index in [-0.39, 0.29) is 0 Å². The van der Waals surface area contributed by atoms with E-state index in [9.17, 15) is 0 Å². The maximum atomic E-state index is 4.70. The van der Waals surface area contributed by atoms with Crippen LogP contribution in [0, 0.1) is 17.9 Å². The van der Waals surface area contributed by atoms with Crippen molar-refractivity contribution in [2.75, 3.05) is 0 Å². The molecule has 180 valence electrons. The second-order valence-electron chi connectivity index (χ2n) is 10.8. The van der Waals surface area contributed by atoms with Gasteiger partial charge in [-0.05, 0) is 46.7 Å². The second kappa shape index (κ2) is 8.90. The van der Waals surface area contributed by atoms with Gasteiger partial charge < -0.3 is 4.58 Å². The van der Waals surface area contributed by atoms with Crippen LogP contribution >= 0.6 is 11.3 Å². The third-order valence-corrected chi connectivity index (χ3v) is 8.24. The standard InChI is InChI=1S/C33H32N2S/c1-20(2)15-22-17-27-26-11-8-14-34-33(26)36-32(27)28(18-22)30-19-24(16-21(3)4)31-25-10-7-6-9-23(25)12-13-29(31)35(30)5/h6-14,17-21H,5,15-16H2,1-4H3. The van der Waals surface area contributed by atoms with E-state index in [2.05, 4.69) is 99.7 Å². The molecule has 0 radical (unpaired) electrons. The van der Waals surface area contributed by atoms with Gasteiger partial charge in [-0.1, -0.05) is 93.6 Å². The molecule has 3 aromatic carbocycles. The summed E-state index contributed by atoms with van der Waals surface area (Å²) in [5.41, 5.74) is 6.55. The average Bonchev–Trinajstić information content (AvgIpc) is 3.23. The summed E-state index contributed by atoms with van der Waals surface area (Å²) in [4.78, 5) is 5.80. The highest BCUT2D eigenvalue weighted by atomic mass is 32.1. The Labute approximate surface area is 217 Å². The summed E-state index contributed by atoms with van der Waals surface area (Å²) in [6.45, 7) is 13.8. The molecule has 0 fully saturated rings. The first-order valence-electron chi connectivity index (χ1n) is 12.9. The normalized spacial score (nSPS) is 13.9. The van der Waals surface area contributed by atoms with E-state index in [1.165, 1.54) is 60.2 Å². The molecule has 0 atom stereocenters. The Hall–Kier alpha value is -3.43. The maximum absolute atomic E-state index is 4.70. The van der Waals surface area contributed by atoms with E-state index in [0.29, 0.717) is 11.8 Å². The number of allylic oxidation sites excluding steroid dienone is 1. The minimum absolute atomic E-state index is 0.557. The lowest BCUT2D eigenvalue weighted by molar-refractivity contribution is -0.400. The number of fused-ring (bicyclic) bond motifs is 6. The summed E-state index contributed by atoms with van der Waals surface area (Å²) in [7, 11) is 0. The van der Waals surface area contributed by atoms with Crippen LogP contribution in [0.25, 0.3) is 36.6 Å². The molecule has 2 nitrogen and oxygen atoms in total. The van der Waals surface area contributed by atoms with Gasteiger partial charge in [0.15, 0.2) is 11.3 Å². The Kier molecular flexibility index (Phi) is 5.69. The monoisotopic (exact) mass is 488 g/mol. The van der Waals surface area contributed by atoms with Gasteiger partial charge in [-0.25, -0.2) is 4.98 Å². The molecule has 3 heteroatoms. The highest BCUT2D eigenvalue weighted by Crippen LogP contribution is 2.47. The van der Waals surface area contributed by atoms with Crippen LogP contribution in [0.1, 0.15) is 50.8 Å². The first-order chi connectivity index (χ1) is 17.4. The highest BCUT2D eigenvalue weighted by molar-refractivity contribution is 7.25. The van der Waals surface area contributed by atoms with Crippen LogP contribution in [0.15, 0.2) is 72.9 Å². The summed E-state index contributed by atoms with van der Waals surface area (Å²) < 4.78 is 3.46. The molecule has 0 saturated heterocycles. The smallest absolute Gasteiger partial charge is 0.316 e. The summed E-state index contributed by atoms with van der Waals surface area (Å²) in [6, 6.07) is 23.4. The molecule has 5 aromatic rings. The first kappa shape index (κ1) is 23.0.